The van der Waals surface area contributed by atoms with Crippen LogP contribution < -0.4 is 0 Å². The number of halogens is 20. The molecule has 0 radical (unpaired) electrons. The summed E-state index contributed by atoms with van der Waals surface area (Å²) >= 11 is 0. The van der Waals surface area contributed by atoms with Gasteiger partial charge in [-0.15, -0.1) is 0 Å². The molecule has 200 valence electrons. The Labute approximate surface area is 167 Å². The Morgan fingerprint density at radius 1 is 0.394 bits per heavy atom. The zero-order valence-corrected chi connectivity index (χ0v) is 14.5. The van der Waals surface area contributed by atoms with Gasteiger partial charge < -0.3 is 4.74 Å². The van der Waals surface area contributed by atoms with Crippen LogP contribution >= 0.6 is 0 Å². The van der Waals surface area contributed by atoms with Crippen LogP contribution in [0.4, 0.5) is 87.8 Å². The van der Waals surface area contributed by atoms with E-state index in [1.54, 1.807) is 0 Å². The van der Waals surface area contributed by atoms with Gasteiger partial charge in [0.05, 0.1) is 0 Å². The number of rotatable bonds is 12. The molecule has 0 unspecified atom stereocenters. The molecule has 33 heavy (non-hydrogen) atoms. The van der Waals surface area contributed by atoms with E-state index in [2.05, 4.69) is 4.74 Å². The lowest BCUT2D eigenvalue weighted by Crippen LogP contribution is -2.66. The van der Waals surface area contributed by atoms with Gasteiger partial charge in [0.2, 0.25) is 0 Å². The Morgan fingerprint density at radius 2 is 0.606 bits per heavy atom. The molecule has 0 saturated carbocycles. The molecule has 0 aromatic rings. The molecular formula is C12H6F20O. The Balaban J connectivity index is 5.79. The summed E-state index contributed by atoms with van der Waals surface area (Å²) in [5.41, 5.74) is 0. The van der Waals surface area contributed by atoms with Gasteiger partial charge in [-0.3, -0.25) is 0 Å². The van der Waals surface area contributed by atoms with Gasteiger partial charge in [-0.2, -0.15) is 70.2 Å². The van der Waals surface area contributed by atoms with E-state index in [1.807, 2.05) is 0 Å². The van der Waals surface area contributed by atoms with Gasteiger partial charge >= 0.3 is 60.2 Å². The molecule has 0 rings (SSSR count). The van der Waals surface area contributed by atoms with E-state index < -0.39 is 73.4 Å². The van der Waals surface area contributed by atoms with Gasteiger partial charge in [0.25, 0.3) is 0 Å². The van der Waals surface area contributed by atoms with Crippen molar-refractivity contribution in [3.05, 3.63) is 0 Å². The first-order chi connectivity index (χ1) is 14.1. The van der Waals surface area contributed by atoms with Crippen molar-refractivity contribution in [2.24, 2.45) is 0 Å². The summed E-state index contributed by atoms with van der Waals surface area (Å²) in [6.07, 6.45) is -11.4. The highest BCUT2D eigenvalue weighted by molar-refractivity contribution is 5.06. The summed E-state index contributed by atoms with van der Waals surface area (Å²) < 4.78 is 257. The Morgan fingerprint density at radius 3 is 0.788 bits per heavy atom. The van der Waals surface area contributed by atoms with Gasteiger partial charge in [-0.1, -0.05) is 0 Å². The maximum absolute atomic E-state index is 13.2. The van der Waals surface area contributed by atoms with Gasteiger partial charge in [0.1, 0.15) is 13.2 Å². The lowest BCUT2D eigenvalue weighted by atomic mass is 9.98. The van der Waals surface area contributed by atoms with E-state index in [4.69, 9.17) is 0 Å². The maximum atomic E-state index is 13.2. The fraction of sp³-hybridized carbons (Fsp3) is 1.00. The topological polar surface area (TPSA) is 9.23 Å². The van der Waals surface area contributed by atoms with Crippen LogP contribution in [0, 0.1) is 0 Å². The molecule has 0 bridgehead atoms. The molecule has 21 heteroatoms. The first-order valence-corrected chi connectivity index (χ1v) is 7.26. The third-order valence-corrected chi connectivity index (χ3v) is 3.66. The van der Waals surface area contributed by atoms with Crippen LogP contribution in [-0.4, -0.2) is 73.4 Å². The van der Waals surface area contributed by atoms with E-state index in [0.717, 1.165) is 0 Å². The number of ether oxygens (including phenoxy) is 1. The fourth-order valence-electron chi connectivity index (χ4n) is 1.64. The van der Waals surface area contributed by atoms with Crippen LogP contribution in [0.2, 0.25) is 0 Å². The molecule has 0 atom stereocenters. The minimum Gasteiger partial charge on any atom is -0.368 e. The van der Waals surface area contributed by atoms with E-state index in [9.17, 15) is 87.8 Å². The van der Waals surface area contributed by atoms with Gasteiger partial charge in [-0.05, 0) is 0 Å². The van der Waals surface area contributed by atoms with Gasteiger partial charge in [0.15, 0.2) is 0 Å². The van der Waals surface area contributed by atoms with E-state index in [-0.39, 0.29) is 0 Å². The zero-order chi connectivity index (χ0) is 27.3. The second kappa shape index (κ2) is 8.65. The Kier molecular flexibility index (Phi) is 8.27. The van der Waals surface area contributed by atoms with Crippen molar-refractivity contribution in [2.45, 2.75) is 60.2 Å². The molecule has 0 spiro atoms. The largest absolute Gasteiger partial charge is 0.384 e. The van der Waals surface area contributed by atoms with Crippen LogP contribution in [-0.2, 0) is 4.74 Å². The van der Waals surface area contributed by atoms with Crippen molar-refractivity contribution in [3.8, 4) is 0 Å². The number of hydrogen-bond acceptors (Lipinski definition) is 1. The zero-order valence-electron chi connectivity index (χ0n) is 14.5. The third-order valence-electron chi connectivity index (χ3n) is 3.66. The molecule has 0 amide bonds. The first kappa shape index (κ1) is 31.6. The highest BCUT2D eigenvalue weighted by Gasteiger charge is 2.84. The summed E-state index contributed by atoms with van der Waals surface area (Å²) in [6, 6.07) is 0. The molecule has 1 nitrogen and oxygen atoms in total. The molecule has 0 aliphatic heterocycles. The summed E-state index contributed by atoms with van der Waals surface area (Å²) in [5, 5.41) is 0. The third kappa shape index (κ3) is 4.73. The fourth-order valence-corrected chi connectivity index (χ4v) is 1.64. The second-order valence-electron chi connectivity index (χ2n) is 6.05. The molecule has 0 N–H and O–H groups in total. The molecule has 0 aromatic carbocycles. The normalized spacial score (nSPS) is 16.2. The molecule has 0 saturated heterocycles. The minimum atomic E-state index is -7.65. The molecule has 0 aromatic heterocycles. The van der Waals surface area contributed by atoms with Crippen LogP contribution in [0.5, 0.6) is 0 Å². The standard InChI is InChI=1S/C12H6F20O/c13-3(14)7(21,22)11(29,30)9(25,26)5(17,18)1-33-2-6(19,20)10(27,28)12(31,32)8(23,24)4(15)16/h3-4H,1-2H2. The summed E-state index contributed by atoms with van der Waals surface area (Å²) in [6.45, 7) is -7.51. The maximum Gasteiger partial charge on any atom is 0.384 e. The average Bonchev–Trinajstić information content (AvgIpc) is 2.59. The lowest BCUT2D eigenvalue weighted by molar-refractivity contribution is -0.397. The molecule has 0 fully saturated rings. The summed E-state index contributed by atoms with van der Waals surface area (Å²) in [7, 11) is 0. The predicted molar refractivity (Wildman–Crippen MR) is 62.4 cm³/mol. The van der Waals surface area contributed by atoms with E-state index in [0.29, 0.717) is 0 Å². The molecule has 0 aliphatic carbocycles. The predicted octanol–water partition coefficient (Wildman–Crippen LogP) is 6.62. The molecule has 0 aliphatic rings. The monoisotopic (exact) mass is 546 g/mol. The average molecular weight is 546 g/mol. The second-order valence-corrected chi connectivity index (χ2v) is 6.05. The van der Waals surface area contributed by atoms with Crippen LogP contribution in [0.1, 0.15) is 0 Å². The number of hydrogen-bond donors (Lipinski definition) is 0. The van der Waals surface area contributed by atoms with Crippen molar-refractivity contribution < 1.29 is 92.5 Å². The van der Waals surface area contributed by atoms with Crippen molar-refractivity contribution in [1.29, 1.82) is 0 Å². The van der Waals surface area contributed by atoms with Crippen molar-refractivity contribution in [2.75, 3.05) is 13.2 Å². The quantitative estimate of drug-likeness (QED) is 0.251. The minimum absolute atomic E-state index is 2.68. The van der Waals surface area contributed by atoms with Crippen LogP contribution in [0.25, 0.3) is 0 Å². The molecular weight excluding hydrogens is 540 g/mol. The van der Waals surface area contributed by atoms with Crippen molar-refractivity contribution in [3.63, 3.8) is 0 Å². The summed E-state index contributed by atoms with van der Waals surface area (Å²) in [5.74, 6) is -58.6. The van der Waals surface area contributed by atoms with Gasteiger partial charge in [0, 0.05) is 0 Å². The molecule has 0 heterocycles. The van der Waals surface area contributed by atoms with Crippen molar-refractivity contribution >= 4 is 0 Å². The Hall–Kier alpha value is -1.44. The smallest absolute Gasteiger partial charge is 0.368 e. The number of alkyl halides is 20. The lowest BCUT2D eigenvalue weighted by Gasteiger charge is -2.37. The van der Waals surface area contributed by atoms with Crippen molar-refractivity contribution in [1.82, 2.24) is 0 Å². The van der Waals surface area contributed by atoms with E-state index >= 15 is 0 Å². The SMILES string of the molecule is FC(F)C(F)(F)C(F)(F)C(F)(F)C(F)(F)COCC(F)(F)C(F)(F)C(F)(F)C(F)(F)C(F)F. The van der Waals surface area contributed by atoms with Crippen LogP contribution in [0.3, 0.4) is 0 Å². The highest BCUT2D eigenvalue weighted by atomic mass is 19.4. The Bertz CT molecular complexity index is 610. The van der Waals surface area contributed by atoms with Crippen LogP contribution in [0.15, 0.2) is 0 Å². The van der Waals surface area contributed by atoms with Gasteiger partial charge in [-0.25, -0.2) is 17.6 Å². The first-order valence-electron chi connectivity index (χ1n) is 7.26. The summed E-state index contributed by atoms with van der Waals surface area (Å²) in [4.78, 5) is 0. The highest BCUT2D eigenvalue weighted by Crippen LogP contribution is 2.56. The van der Waals surface area contributed by atoms with E-state index in [1.165, 1.54) is 0 Å².